The van der Waals surface area contributed by atoms with Gasteiger partial charge in [0.2, 0.25) is 11.9 Å². The molecule has 2 aliphatic rings. The van der Waals surface area contributed by atoms with Crippen LogP contribution in [-0.2, 0) is 23.9 Å². The number of halogens is 3. The second-order valence-electron chi connectivity index (χ2n) is 7.75. The fraction of sp³-hybridized carbons (Fsp3) is 0.476. The van der Waals surface area contributed by atoms with Crippen molar-refractivity contribution >= 4 is 23.4 Å². The molecule has 1 aromatic carbocycles. The molecule has 1 saturated heterocycles. The summed E-state index contributed by atoms with van der Waals surface area (Å²) in [6, 6.07) is 5.84. The van der Waals surface area contributed by atoms with Crippen LogP contribution >= 0.6 is 0 Å². The summed E-state index contributed by atoms with van der Waals surface area (Å²) in [6.45, 7) is 3.21. The molecule has 31 heavy (non-hydrogen) atoms. The van der Waals surface area contributed by atoms with Crippen molar-refractivity contribution in [1.29, 1.82) is 0 Å². The summed E-state index contributed by atoms with van der Waals surface area (Å²) < 4.78 is 40.2. The van der Waals surface area contributed by atoms with Gasteiger partial charge in [-0.2, -0.15) is 18.2 Å². The second-order valence-corrected chi connectivity index (χ2v) is 7.75. The minimum atomic E-state index is -4.56. The van der Waals surface area contributed by atoms with E-state index < -0.39 is 11.7 Å². The molecule has 0 atom stereocenters. The summed E-state index contributed by atoms with van der Waals surface area (Å²) in [7, 11) is 0. The van der Waals surface area contributed by atoms with Gasteiger partial charge in [0.05, 0.1) is 0 Å². The molecular weight excluding hydrogens is 409 g/mol. The number of carbonyl (C=O) groups excluding carboxylic acids is 1. The smallest absolute Gasteiger partial charge is 0.369 e. The van der Waals surface area contributed by atoms with Crippen LogP contribution in [0.25, 0.3) is 0 Å². The van der Waals surface area contributed by atoms with E-state index in [1.54, 1.807) is 4.90 Å². The number of nitrogens with one attached hydrogen (secondary N) is 3. The molecule has 1 aromatic heterocycles. The Morgan fingerprint density at radius 1 is 1.19 bits per heavy atom. The normalized spacial score (nSPS) is 16.4. The zero-order chi connectivity index (χ0) is 21.8. The number of nitrogens with zero attached hydrogens (tertiary/aromatic N) is 3. The van der Waals surface area contributed by atoms with E-state index in [1.165, 1.54) is 11.1 Å². The van der Waals surface area contributed by atoms with E-state index in [9.17, 15) is 18.0 Å². The van der Waals surface area contributed by atoms with Gasteiger partial charge in [-0.3, -0.25) is 4.79 Å². The molecule has 0 aliphatic carbocycles. The van der Waals surface area contributed by atoms with Gasteiger partial charge >= 0.3 is 6.18 Å². The zero-order valence-corrected chi connectivity index (χ0v) is 17.1. The van der Waals surface area contributed by atoms with Crippen molar-refractivity contribution in [2.45, 2.75) is 38.4 Å². The monoisotopic (exact) mass is 434 g/mol. The molecule has 0 spiro atoms. The third kappa shape index (κ3) is 5.25. The predicted octanol–water partition coefficient (Wildman–Crippen LogP) is 3.31. The maximum absolute atomic E-state index is 13.4. The molecule has 1 fully saturated rings. The lowest BCUT2D eigenvalue weighted by Crippen LogP contribution is -2.27. The first-order valence-electron chi connectivity index (χ1n) is 10.5. The minimum absolute atomic E-state index is 0.0964. The van der Waals surface area contributed by atoms with Crippen LogP contribution in [-0.4, -0.2) is 47.0 Å². The van der Waals surface area contributed by atoms with Gasteiger partial charge in [-0.25, -0.2) is 4.98 Å². The van der Waals surface area contributed by atoms with E-state index in [0.29, 0.717) is 25.9 Å². The summed E-state index contributed by atoms with van der Waals surface area (Å²) in [5, 5.41) is 9.09. The zero-order valence-electron chi connectivity index (χ0n) is 17.1. The van der Waals surface area contributed by atoms with Crippen molar-refractivity contribution in [2.75, 3.05) is 36.8 Å². The molecule has 166 valence electrons. The topological polar surface area (TPSA) is 82.2 Å². The lowest BCUT2D eigenvalue weighted by atomic mass is 10.0. The molecule has 10 heteroatoms. The molecule has 0 bridgehead atoms. The number of rotatable bonds is 7. The lowest BCUT2D eigenvalue weighted by molar-refractivity contribution is -0.137. The van der Waals surface area contributed by atoms with Gasteiger partial charge in [0.1, 0.15) is 11.4 Å². The first-order valence-corrected chi connectivity index (χ1v) is 10.5. The Kier molecular flexibility index (Phi) is 6.26. The first-order chi connectivity index (χ1) is 14.9. The Bertz CT molecular complexity index is 949. The van der Waals surface area contributed by atoms with Crippen molar-refractivity contribution in [2.24, 2.45) is 0 Å². The maximum atomic E-state index is 13.4. The first kappa shape index (κ1) is 21.4. The Hall–Kier alpha value is -2.88. The maximum Gasteiger partial charge on any atom is 0.421 e. The molecule has 7 nitrogen and oxygen atoms in total. The van der Waals surface area contributed by atoms with Gasteiger partial charge in [-0.15, -0.1) is 0 Å². The molecule has 2 aliphatic heterocycles. The van der Waals surface area contributed by atoms with Gasteiger partial charge in [-0.1, -0.05) is 6.07 Å². The third-order valence-electron chi connectivity index (χ3n) is 5.51. The Morgan fingerprint density at radius 3 is 2.84 bits per heavy atom. The van der Waals surface area contributed by atoms with E-state index in [4.69, 9.17) is 0 Å². The van der Waals surface area contributed by atoms with E-state index in [-0.39, 0.29) is 24.2 Å². The molecule has 2 aromatic rings. The van der Waals surface area contributed by atoms with Gasteiger partial charge in [0, 0.05) is 44.5 Å². The summed E-state index contributed by atoms with van der Waals surface area (Å²) in [5.74, 6) is -0.0654. The fourth-order valence-corrected chi connectivity index (χ4v) is 3.89. The molecule has 0 unspecified atom stereocenters. The summed E-state index contributed by atoms with van der Waals surface area (Å²) in [6.07, 6.45) is -0.954. The third-order valence-corrected chi connectivity index (χ3v) is 5.51. The number of anilines is 3. The van der Waals surface area contributed by atoms with E-state index in [0.717, 1.165) is 37.8 Å². The highest BCUT2D eigenvalue weighted by molar-refractivity contribution is 5.78. The number of benzene rings is 1. The van der Waals surface area contributed by atoms with Gasteiger partial charge in [-0.05, 0) is 49.1 Å². The van der Waals surface area contributed by atoms with Crippen molar-refractivity contribution in [3.8, 4) is 0 Å². The van der Waals surface area contributed by atoms with E-state index in [2.05, 4.69) is 25.9 Å². The lowest BCUT2D eigenvalue weighted by Gasteiger charge is -2.19. The number of aromatic nitrogens is 2. The number of alkyl halides is 3. The van der Waals surface area contributed by atoms with Crippen LogP contribution in [0.3, 0.4) is 0 Å². The number of amides is 1. The molecule has 0 radical (unpaired) electrons. The van der Waals surface area contributed by atoms with Crippen LogP contribution in [0.15, 0.2) is 24.4 Å². The highest BCUT2D eigenvalue weighted by Gasteiger charge is 2.35. The minimum Gasteiger partial charge on any atom is -0.369 e. The quantitative estimate of drug-likeness (QED) is 0.580. The van der Waals surface area contributed by atoms with Gasteiger partial charge < -0.3 is 20.9 Å². The van der Waals surface area contributed by atoms with Crippen LogP contribution in [0.5, 0.6) is 0 Å². The number of hydrogen-bond acceptors (Lipinski definition) is 6. The Labute approximate surface area is 178 Å². The Balaban J connectivity index is 1.44. The molecule has 4 rings (SSSR count). The van der Waals surface area contributed by atoms with Crippen molar-refractivity contribution in [3.63, 3.8) is 0 Å². The standard InChI is InChI=1S/C21H25F3N6O/c22-21(23,24)17-13-27-20(28-16-5-4-15-12-25-8-6-14(15)11-16)29-19(17)26-7-2-10-30-9-1-3-18(30)31/h4-5,11,13,25H,1-3,6-10,12H2,(H2,26,27,28,29). The Morgan fingerprint density at radius 2 is 2.06 bits per heavy atom. The van der Waals surface area contributed by atoms with Gasteiger partial charge in [0.25, 0.3) is 0 Å². The van der Waals surface area contributed by atoms with Crippen LogP contribution in [0.4, 0.5) is 30.6 Å². The molecular formula is C21H25F3N6O. The molecule has 1 amide bonds. The number of fused-ring (bicyclic) bond motifs is 1. The molecule has 3 heterocycles. The summed E-state index contributed by atoms with van der Waals surface area (Å²) in [4.78, 5) is 21.3. The summed E-state index contributed by atoms with van der Waals surface area (Å²) in [5.41, 5.74) is 2.24. The largest absolute Gasteiger partial charge is 0.421 e. The van der Waals surface area contributed by atoms with Crippen molar-refractivity contribution < 1.29 is 18.0 Å². The van der Waals surface area contributed by atoms with E-state index >= 15 is 0 Å². The van der Waals surface area contributed by atoms with E-state index in [1.807, 2.05) is 18.2 Å². The fourth-order valence-electron chi connectivity index (χ4n) is 3.89. The average Bonchev–Trinajstić information content (AvgIpc) is 3.15. The predicted molar refractivity (Wildman–Crippen MR) is 111 cm³/mol. The van der Waals surface area contributed by atoms with Crippen molar-refractivity contribution in [3.05, 3.63) is 41.1 Å². The van der Waals surface area contributed by atoms with Gasteiger partial charge in [0.15, 0.2) is 0 Å². The molecule has 0 saturated carbocycles. The highest BCUT2D eigenvalue weighted by Crippen LogP contribution is 2.34. The summed E-state index contributed by atoms with van der Waals surface area (Å²) >= 11 is 0. The molecule has 3 N–H and O–H groups in total. The van der Waals surface area contributed by atoms with Crippen LogP contribution in [0.1, 0.15) is 36.0 Å². The second kappa shape index (κ2) is 9.09. The number of carbonyl (C=O) groups is 1. The number of hydrogen-bond donors (Lipinski definition) is 3. The number of likely N-dealkylation sites (tertiary alicyclic amines) is 1. The van der Waals surface area contributed by atoms with Crippen molar-refractivity contribution in [1.82, 2.24) is 20.2 Å². The highest BCUT2D eigenvalue weighted by atomic mass is 19.4. The van der Waals surface area contributed by atoms with Crippen LogP contribution < -0.4 is 16.0 Å². The van der Waals surface area contributed by atoms with Crippen LogP contribution in [0.2, 0.25) is 0 Å². The average molecular weight is 434 g/mol. The van der Waals surface area contributed by atoms with Crippen LogP contribution in [0, 0.1) is 0 Å². The SMILES string of the molecule is O=C1CCCN1CCCNc1nc(Nc2ccc3c(c2)CCNC3)ncc1C(F)(F)F.